The van der Waals surface area contributed by atoms with Crippen LogP contribution < -0.4 is 5.32 Å². The number of fused-ring (bicyclic) bond motifs is 1. The van der Waals surface area contributed by atoms with Crippen LogP contribution in [0.25, 0.3) is 4.96 Å². The molecule has 0 saturated carbocycles. The number of rotatable bonds is 5. The number of thiazole rings is 1. The van der Waals surface area contributed by atoms with Crippen LogP contribution in [-0.4, -0.2) is 26.4 Å². The second-order valence-corrected chi connectivity index (χ2v) is 5.77. The number of benzene rings is 1. The number of carbonyl (C=O) groups is 2. The van der Waals surface area contributed by atoms with Crippen molar-refractivity contribution in [1.82, 2.24) is 14.7 Å². The Labute approximate surface area is 134 Å². The van der Waals surface area contributed by atoms with Crippen LogP contribution in [0, 0.1) is 5.82 Å². The second-order valence-electron chi connectivity index (χ2n) is 4.89. The molecule has 23 heavy (non-hydrogen) atoms. The summed E-state index contributed by atoms with van der Waals surface area (Å²) in [4.78, 5) is 28.2. The van der Waals surface area contributed by atoms with Crippen LogP contribution in [0.4, 0.5) is 4.39 Å². The molecule has 0 fully saturated rings. The summed E-state index contributed by atoms with van der Waals surface area (Å²) in [6, 6.07) is 4.59. The second kappa shape index (κ2) is 6.17. The number of aliphatic carboxylic acids is 1. The van der Waals surface area contributed by atoms with Crippen LogP contribution in [0.15, 0.2) is 42.0 Å². The lowest BCUT2D eigenvalue weighted by Crippen LogP contribution is -2.30. The maximum atomic E-state index is 13.0. The summed E-state index contributed by atoms with van der Waals surface area (Å²) >= 11 is 1.39. The molecule has 0 saturated heterocycles. The smallest absolute Gasteiger partial charge is 0.305 e. The lowest BCUT2D eigenvalue weighted by atomic mass is 10.0. The Morgan fingerprint density at radius 3 is 2.74 bits per heavy atom. The highest BCUT2D eigenvalue weighted by atomic mass is 32.1. The molecule has 1 unspecified atom stereocenters. The van der Waals surface area contributed by atoms with E-state index in [1.165, 1.54) is 35.6 Å². The van der Waals surface area contributed by atoms with Gasteiger partial charge in [-0.2, -0.15) is 0 Å². The number of halogens is 1. The number of carboxylic acid groups (broad SMARTS) is 1. The van der Waals surface area contributed by atoms with Crippen molar-refractivity contribution in [3.63, 3.8) is 0 Å². The number of imidazole rings is 1. The molecule has 0 aliphatic carbocycles. The molecule has 0 aliphatic heterocycles. The zero-order valence-corrected chi connectivity index (χ0v) is 12.6. The van der Waals surface area contributed by atoms with Crippen LogP contribution in [0.3, 0.4) is 0 Å². The molecule has 1 atom stereocenters. The number of hydrogen-bond donors (Lipinski definition) is 2. The van der Waals surface area contributed by atoms with E-state index in [4.69, 9.17) is 5.11 Å². The van der Waals surface area contributed by atoms with Crippen LogP contribution in [0.5, 0.6) is 0 Å². The summed E-state index contributed by atoms with van der Waals surface area (Å²) in [5.41, 5.74) is 0.720. The third-order valence-corrected chi connectivity index (χ3v) is 4.05. The summed E-state index contributed by atoms with van der Waals surface area (Å²) in [6.45, 7) is 0. The third-order valence-electron chi connectivity index (χ3n) is 3.28. The van der Waals surface area contributed by atoms with Gasteiger partial charge in [-0.1, -0.05) is 12.1 Å². The Kier molecular flexibility index (Phi) is 4.07. The molecule has 1 amide bonds. The van der Waals surface area contributed by atoms with Crippen LogP contribution in [0.2, 0.25) is 0 Å². The van der Waals surface area contributed by atoms with Crippen LogP contribution in [0.1, 0.15) is 28.5 Å². The number of hydrogen-bond acceptors (Lipinski definition) is 4. The molecule has 0 radical (unpaired) electrons. The van der Waals surface area contributed by atoms with E-state index in [1.807, 2.05) is 5.38 Å². The minimum Gasteiger partial charge on any atom is -0.481 e. The summed E-state index contributed by atoms with van der Waals surface area (Å²) in [5, 5.41) is 13.5. The fraction of sp³-hybridized carbons (Fsp3) is 0.133. The van der Waals surface area contributed by atoms with Crippen molar-refractivity contribution in [2.45, 2.75) is 12.5 Å². The summed E-state index contributed by atoms with van der Waals surface area (Å²) in [5.74, 6) is -1.97. The molecule has 3 rings (SSSR count). The van der Waals surface area contributed by atoms with Gasteiger partial charge in [0.1, 0.15) is 11.5 Å². The van der Waals surface area contributed by atoms with Gasteiger partial charge in [-0.25, -0.2) is 9.37 Å². The predicted octanol–water partition coefficient (Wildman–Crippen LogP) is 2.48. The summed E-state index contributed by atoms with van der Waals surface area (Å²) in [7, 11) is 0. The molecule has 2 N–H and O–H groups in total. The summed E-state index contributed by atoms with van der Waals surface area (Å²) < 4.78 is 14.7. The van der Waals surface area contributed by atoms with Gasteiger partial charge in [-0.15, -0.1) is 11.3 Å². The first-order chi connectivity index (χ1) is 11.0. The number of nitrogens with zero attached hydrogens (tertiary/aromatic N) is 2. The fourth-order valence-corrected chi connectivity index (χ4v) is 2.89. The molecule has 8 heteroatoms. The highest BCUT2D eigenvalue weighted by Gasteiger charge is 2.20. The first-order valence-corrected chi connectivity index (χ1v) is 7.61. The van der Waals surface area contributed by atoms with Crippen molar-refractivity contribution >= 4 is 28.2 Å². The van der Waals surface area contributed by atoms with Gasteiger partial charge in [0.25, 0.3) is 5.91 Å². The number of nitrogens with one attached hydrogen (secondary N) is 1. The molecule has 0 aliphatic rings. The Balaban J connectivity index is 1.82. The molecular weight excluding hydrogens is 321 g/mol. The van der Waals surface area contributed by atoms with Crippen molar-refractivity contribution < 1.29 is 19.1 Å². The van der Waals surface area contributed by atoms with Crippen molar-refractivity contribution in [2.75, 3.05) is 0 Å². The van der Waals surface area contributed by atoms with Gasteiger partial charge in [0.15, 0.2) is 4.96 Å². The van der Waals surface area contributed by atoms with Crippen molar-refractivity contribution in [3.05, 3.63) is 59.1 Å². The van der Waals surface area contributed by atoms with Gasteiger partial charge >= 0.3 is 5.97 Å². The lowest BCUT2D eigenvalue weighted by Gasteiger charge is -2.16. The highest BCUT2D eigenvalue weighted by Crippen LogP contribution is 2.19. The molecule has 1 aromatic carbocycles. The zero-order chi connectivity index (χ0) is 16.4. The monoisotopic (exact) mass is 333 g/mol. The standard InChI is InChI=1S/C15H12FN3O3S/c16-10-3-1-9(2-4-10)11(7-13(20)21)17-14(22)12-8-19-5-6-23-15(19)18-12/h1-6,8,11H,7H2,(H,17,22)(H,20,21). The van der Waals surface area contributed by atoms with E-state index >= 15 is 0 Å². The number of carboxylic acids is 1. The fourth-order valence-electron chi connectivity index (χ4n) is 2.19. The Morgan fingerprint density at radius 1 is 1.35 bits per heavy atom. The van der Waals surface area contributed by atoms with Gasteiger partial charge in [-0.3, -0.25) is 14.0 Å². The average molecular weight is 333 g/mol. The Hall–Kier alpha value is -2.74. The molecular formula is C15H12FN3O3S. The van der Waals surface area contributed by atoms with E-state index in [0.717, 1.165) is 0 Å². The van der Waals surface area contributed by atoms with Gasteiger partial charge in [0.05, 0.1) is 12.5 Å². The molecule has 3 aromatic rings. The van der Waals surface area contributed by atoms with Crippen LogP contribution >= 0.6 is 11.3 Å². The van der Waals surface area contributed by atoms with Gasteiger partial charge < -0.3 is 10.4 Å². The van der Waals surface area contributed by atoms with E-state index in [9.17, 15) is 14.0 Å². The normalized spacial score (nSPS) is 12.2. The Bertz CT molecular complexity index is 828. The quantitative estimate of drug-likeness (QED) is 0.751. The number of amides is 1. The first kappa shape index (κ1) is 15.2. The molecule has 0 spiro atoms. The number of carbonyl (C=O) groups excluding carboxylic acids is 1. The van der Waals surface area contributed by atoms with E-state index in [1.54, 1.807) is 16.8 Å². The SMILES string of the molecule is O=C(O)CC(NC(=O)c1cn2ccsc2n1)c1ccc(F)cc1. The van der Waals surface area contributed by atoms with E-state index in [2.05, 4.69) is 10.3 Å². The maximum absolute atomic E-state index is 13.0. The first-order valence-electron chi connectivity index (χ1n) is 6.73. The molecule has 0 bridgehead atoms. The van der Waals surface area contributed by atoms with E-state index in [-0.39, 0.29) is 12.1 Å². The van der Waals surface area contributed by atoms with Crippen molar-refractivity contribution in [2.24, 2.45) is 0 Å². The minimum absolute atomic E-state index is 0.203. The maximum Gasteiger partial charge on any atom is 0.305 e. The number of aromatic nitrogens is 2. The third kappa shape index (κ3) is 3.37. The van der Waals surface area contributed by atoms with Crippen molar-refractivity contribution in [1.29, 1.82) is 0 Å². The van der Waals surface area contributed by atoms with Gasteiger partial charge in [0, 0.05) is 17.8 Å². The molecule has 6 nitrogen and oxygen atoms in total. The van der Waals surface area contributed by atoms with Gasteiger partial charge in [-0.05, 0) is 17.7 Å². The lowest BCUT2D eigenvalue weighted by molar-refractivity contribution is -0.137. The topological polar surface area (TPSA) is 83.7 Å². The highest BCUT2D eigenvalue weighted by molar-refractivity contribution is 7.15. The van der Waals surface area contributed by atoms with Gasteiger partial charge in [0.2, 0.25) is 0 Å². The minimum atomic E-state index is -1.06. The molecule has 118 valence electrons. The predicted molar refractivity (Wildman–Crippen MR) is 81.9 cm³/mol. The van der Waals surface area contributed by atoms with E-state index in [0.29, 0.717) is 10.5 Å². The largest absolute Gasteiger partial charge is 0.481 e. The Morgan fingerprint density at radius 2 is 2.09 bits per heavy atom. The van der Waals surface area contributed by atoms with E-state index < -0.39 is 23.7 Å². The summed E-state index contributed by atoms with van der Waals surface area (Å²) in [6.07, 6.45) is 3.04. The molecule has 2 heterocycles. The molecule has 2 aromatic heterocycles. The van der Waals surface area contributed by atoms with Crippen molar-refractivity contribution in [3.8, 4) is 0 Å². The average Bonchev–Trinajstić information content (AvgIpc) is 3.08. The van der Waals surface area contributed by atoms with Crippen LogP contribution in [-0.2, 0) is 4.79 Å². The zero-order valence-electron chi connectivity index (χ0n) is 11.8.